The highest BCUT2D eigenvalue weighted by molar-refractivity contribution is 9.10. The van der Waals surface area contributed by atoms with E-state index in [0.29, 0.717) is 31.4 Å². The lowest BCUT2D eigenvalue weighted by atomic mass is 10.0. The van der Waals surface area contributed by atoms with Gasteiger partial charge < -0.3 is 4.74 Å². The van der Waals surface area contributed by atoms with Crippen molar-refractivity contribution in [2.45, 2.75) is 31.6 Å². The molecule has 0 unspecified atom stereocenters. The number of benzene rings is 1. The van der Waals surface area contributed by atoms with Gasteiger partial charge in [-0.3, -0.25) is 0 Å². The number of sulfonamides is 1. The summed E-state index contributed by atoms with van der Waals surface area (Å²) in [6.45, 7) is 5.63. The van der Waals surface area contributed by atoms with Crippen LogP contribution in [0.25, 0.3) is 0 Å². The van der Waals surface area contributed by atoms with Crippen molar-refractivity contribution >= 4 is 26.0 Å². The summed E-state index contributed by atoms with van der Waals surface area (Å²) in [5.41, 5.74) is 0. The minimum atomic E-state index is -3.48. The van der Waals surface area contributed by atoms with E-state index in [2.05, 4.69) is 22.9 Å². The molecule has 1 aromatic rings. The molecule has 0 saturated carbocycles. The van der Waals surface area contributed by atoms with E-state index in [-0.39, 0.29) is 4.90 Å². The molecule has 4 nitrogen and oxygen atoms in total. The Bertz CT molecular complexity index is 566. The Morgan fingerprint density at radius 1 is 1.35 bits per heavy atom. The monoisotopic (exact) mass is 361 g/mol. The Labute approximate surface area is 129 Å². The molecule has 0 aliphatic carbocycles. The van der Waals surface area contributed by atoms with Gasteiger partial charge in [-0.15, -0.1) is 0 Å². The number of ether oxygens (including phenoxy) is 1. The van der Waals surface area contributed by atoms with Gasteiger partial charge in [-0.1, -0.05) is 22.9 Å². The molecule has 0 amide bonds. The summed E-state index contributed by atoms with van der Waals surface area (Å²) in [6, 6.07) is 5.12. The second-order valence-corrected chi connectivity index (χ2v) is 7.93. The van der Waals surface area contributed by atoms with Gasteiger partial charge in [0.05, 0.1) is 6.61 Å². The van der Waals surface area contributed by atoms with Crippen LogP contribution in [0.2, 0.25) is 0 Å². The van der Waals surface area contributed by atoms with Crippen LogP contribution in [-0.4, -0.2) is 32.4 Å². The maximum atomic E-state index is 12.8. The second kappa shape index (κ2) is 6.45. The smallest absolute Gasteiger partial charge is 0.246 e. The van der Waals surface area contributed by atoms with Crippen molar-refractivity contribution in [2.75, 3.05) is 19.7 Å². The molecule has 1 saturated heterocycles. The summed E-state index contributed by atoms with van der Waals surface area (Å²) < 4.78 is 33.3. The highest BCUT2D eigenvalue weighted by atomic mass is 79.9. The van der Waals surface area contributed by atoms with E-state index >= 15 is 0 Å². The summed E-state index contributed by atoms with van der Waals surface area (Å²) in [6.07, 6.45) is 1.83. The van der Waals surface area contributed by atoms with Crippen LogP contribution >= 0.6 is 15.9 Å². The Morgan fingerprint density at radius 2 is 2.00 bits per heavy atom. The molecule has 1 fully saturated rings. The van der Waals surface area contributed by atoms with Gasteiger partial charge in [-0.05, 0) is 43.9 Å². The third-order valence-corrected chi connectivity index (χ3v) is 5.98. The van der Waals surface area contributed by atoms with Gasteiger partial charge in [0, 0.05) is 17.6 Å². The number of nitrogens with zero attached hydrogens (tertiary/aromatic N) is 1. The number of piperidine rings is 1. The van der Waals surface area contributed by atoms with Crippen molar-refractivity contribution in [3.05, 3.63) is 22.7 Å². The first-order chi connectivity index (χ1) is 9.45. The van der Waals surface area contributed by atoms with E-state index in [0.717, 1.165) is 17.3 Å². The molecule has 0 N–H and O–H groups in total. The van der Waals surface area contributed by atoms with Crippen LogP contribution < -0.4 is 4.74 Å². The van der Waals surface area contributed by atoms with Gasteiger partial charge in [-0.2, -0.15) is 4.31 Å². The Hall–Kier alpha value is -0.590. The van der Waals surface area contributed by atoms with Crippen molar-refractivity contribution < 1.29 is 13.2 Å². The minimum Gasteiger partial charge on any atom is -0.492 e. The predicted molar refractivity (Wildman–Crippen MR) is 82.5 cm³/mol. The molecule has 1 aliphatic heterocycles. The van der Waals surface area contributed by atoms with Crippen molar-refractivity contribution in [3.63, 3.8) is 0 Å². The van der Waals surface area contributed by atoms with Crippen LogP contribution in [0.1, 0.15) is 26.7 Å². The molecular formula is C14H20BrNO3S. The van der Waals surface area contributed by atoms with Gasteiger partial charge in [0.1, 0.15) is 10.6 Å². The summed E-state index contributed by atoms with van der Waals surface area (Å²) in [5, 5.41) is 0. The van der Waals surface area contributed by atoms with Gasteiger partial charge in [0.25, 0.3) is 0 Å². The lowest BCUT2D eigenvalue weighted by Gasteiger charge is -2.29. The highest BCUT2D eigenvalue weighted by Crippen LogP contribution is 2.32. The maximum absolute atomic E-state index is 12.8. The zero-order chi connectivity index (χ0) is 14.8. The van der Waals surface area contributed by atoms with Gasteiger partial charge in [0.2, 0.25) is 10.0 Å². The van der Waals surface area contributed by atoms with Crippen molar-refractivity contribution in [1.82, 2.24) is 4.31 Å². The lowest BCUT2D eigenvalue weighted by Crippen LogP contribution is -2.38. The van der Waals surface area contributed by atoms with Gasteiger partial charge in [-0.25, -0.2) is 8.42 Å². The molecule has 1 aliphatic rings. The standard InChI is InChI=1S/C14H20BrNO3S/c1-3-19-13-5-4-12(15)10-14(13)20(17,18)16-8-6-11(2)7-9-16/h4-5,10-11H,3,6-9H2,1-2H3. The predicted octanol–water partition coefficient (Wildman–Crippen LogP) is 3.27. The average molecular weight is 362 g/mol. The zero-order valence-corrected chi connectivity index (χ0v) is 14.2. The molecule has 0 atom stereocenters. The summed E-state index contributed by atoms with van der Waals surface area (Å²) in [5.74, 6) is 1.02. The fourth-order valence-electron chi connectivity index (χ4n) is 2.32. The van der Waals surface area contributed by atoms with E-state index in [9.17, 15) is 8.42 Å². The molecule has 0 bridgehead atoms. The van der Waals surface area contributed by atoms with Crippen LogP contribution in [0.3, 0.4) is 0 Å². The first-order valence-electron chi connectivity index (χ1n) is 6.87. The van der Waals surface area contributed by atoms with Crippen LogP contribution in [0, 0.1) is 5.92 Å². The third-order valence-electron chi connectivity index (χ3n) is 3.57. The largest absolute Gasteiger partial charge is 0.492 e. The number of halogens is 1. The molecule has 0 spiro atoms. The molecule has 112 valence electrons. The van der Waals surface area contributed by atoms with Crippen LogP contribution in [0.4, 0.5) is 0 Å². The van der Waals surface area contributed by atoms with Crippen LogP contribution in [0.5, 0.6) is 5.75 Å². The lowest BCUT2D eigenvalue weighted by molar-refractivity contribution is 0.285. The molecule has 20 heavy (non-hydrogen) atoms. The quantitative estimate of drug-likeness (QED) is 0.826. The summed E-state index contributed by atoms with van der Waals surface area (Å²) in [4.78, 5) is 0.253. The fraction of sp³-hybridized carbons (Fsp3) is 0.571. The van der Waals surface area contributed by atoms with Crippen molar-refractivity contribution in [2.24, 2.45) is 5.92 Å². The molecule has 1 aromatic carbocycles. The SMILES string of the molecule is CCOc1ccc(Br)cc1S(=O)(=O)N1CCC(C)CC1. The van der Waals surface area contributed by atoms with E-state index in [4.69, 9.17) is 4.74 Å². The first-order valence-corrected chi connectivity index (χ1v) is 9.11. The van der Waals surface area contributed by atoms with E-state index in [1.165, 1.54) is 0 Å². The molecule has 6 heteroatoms. The summed E-state index contributed by atoms with van der Waals surface area (Å²) >= 11 is 3.33. The summed E-state index contributed by atoms with van der Waals surface area (Å²) in [7, 11) is -3.48. The molecule has 2 rings (SSSR count). The number of rotatable bonds is 4. The third kappa shape index (κ3) is 3.35. The van der Waals surface area contributed by atoms with E-state index in [1.807, 2.05) is 6.92 Å². The molecule has 0 aromatic heterocycles. The highest BCUT2D eigenvalue weighted by Gasteiger charge is 2.30. The fourth-order valence-corrected chi connectivity index (χ4v) is 4.46. The Balaban J connectivity index is 2.35. The van der Waals surface area contributed by atoms with E-state index in [1.54, 1.807) is 22.5 Å². The first kappa shape index (κ1) is 15.8. The molecular weight excluding hydrogens is 342 g/mol. The number of hydrogen-bond acceptors (Lipinski definition) is 3. The zero-order valence-electron chi connectivity index (χ0n) is 11.8. The van der Waals surface area contributed by atoms with Crippen molar-refractivity contribution in [1.29, 1.82) is 0 Å². The van der Waals surface area contributed by atoms with Gasteiger partial charge in [0.15, 0.2) is 0 Å². The maximum Gasteiger partial charge on any atom is 0.246 e. The van der Waals surface area contributed by atoms with Crippen LogP contribution in [0.15, 0.2) is 27.6 Å². The van der Waals surface area contributed by atoms with Crippen LogP contribution in [-0.2, 0) is 10.0 Å². The average Bonchev–Trinajstić information content (AvgIpc) is 2.41. The Kier molecular flexibility index (Phi) is 5.09. The topological polar surface area (TPSA) is 46.6 Å². The Morgan fingerprint density at radius 3 is 2.60 bits per heavy atom. The molecule has 0 radical (unpaired) electrons. The minimum absolute atomic E-state index is 0.253. The van der Waals surface area contributed by atoms with Gasteiger partial charge >= 0.3 is 0 Å². The normalized spacial score (nSPS) is 18.1. The van der Waals surface area contributed by atoms with E-state index < -0.39 is 10.0 Å². The molecule has 1 heterocycles. The number of hydrogen-bond donors (Lipinski definition) is 0. The van der Waals surface area contributed by atoms with Crippen molar-refractivity contribution in [3.8, 4) is 5.75 Å². The second-order valence-electron chi connectivity index (χ2n) is 5.11.